The SMILES string of the molecule is CCCC(CCC)C(NC)c1c(C)c(Br)cc(C)c1OC. The summed E-state index contributed by atoms with van der Waals surface area (Å²) >= 11 is 3.70. The van der Waals surface area contributed by atoms with Crippen LogP contribution in [0.3, 0.4) is 0 Å². The third-order valence-electron chi connectivity index (χ3n) is 4.32. The number of methoxy groups -OCH3 is 1. The van der Waals surface area contributed by atoms with Crippen LogP contribution >= 0.6 is 15.9 Å². The molecule has 2 nitrogen and oxygen atoms in total. The predicted molar refractivity (Wildman–Crippen MR) is 95.3 cm³/mol. The zero-order valence-electron chi connectivity index (χ0n) is 14.3. The first kappa shape index (κ1) is 18.5. The molecule has 3 heteroatoms. The van der Waals surface area contributed by atoms with Gasteiger partial charge in [0, 0.05) is 16.1 Å². The predicted octanol–water partition coefficient (Wildman–Crippen LogP) is 5.55. The molecule has 1 unspecified atom stereocenters. The smallest absolute Gasteiger partial charge is 0.126 e. The lowest BCUT2D eigenvalue weighted by atomic mass is 9.83. The Balaban J connectivity index is 3.37. The molecule has 0 aliphatic heterocycles. The standard InChI is InChI=1S/C18H30BrNO/c1-7-9-14(10-8-2)17(20-5)16-13(4)15(19)11-12(3)18(16)21-6/h11,14,17,20H,7-10H2,1-6H3. The van der Waals surface area contributed by atoms with Gasteiger partial charge in [-0.2, -0.15) is 0 Å². The van der Waals surface area contributed by atoms with E-state index in [-0.39, 0.29) is 0 Å². The van der Waals surface area contributed by atoms with Gasteiger partial charge in [0.2, 0.25) is 0 Å². The first-order chi connectivity index (χ1) is 10.0. The van der Waals surface area contributed by atoms with Crippen LogP contribution in [0.4, 0.5) is 0 Å². The van der Waals surface area contributed by atoms with Crippen molar-refractivity contribution in [3.8, 4) is 5.75 Å². The molecule has 1 rings (SSSR count). The molecule has 0 bridgehead atoms. The van der Waals surface area contributed by atoms with Gasteiger partial charge in [0.1, 0.15) is 5.75 Å². The minimum atomic E-state index is 0.344. The molecule has 0 fully saturated rings. The van der Waals surface area contributed by atoms with Gasteiger partial charge in [0.05, 0.1) is 7.11 Å². The maximum absolute atomic E-state index is 5.74. The molecule has 1 aromatic rings. The van der Waals surface area contributed by atoms with Gasteiger partial charge in [-0.15, -0.1) is 0 Å². The Morgan fingerprint density at radius 2 is 1.76 bits per heavy atom. The van der Waals surface area contributed by atoms with Crippen molar-refractivity contribution >= 4 is 15.9 Å². The van der Waals surface area contributed by atoms with E-state index in [4.69, 9.17) is 4.74 Å². The highest BCUT2D eigenvalue weighted by Crippen LogP contribution is 2.41. The highest BCUT2D eigenvalue weighted by Gasteiger charge is 2.27. The summed E-state index contributed by atoms with van der Waals surface area (Å²) < 4.78 is 6.91. The highest BCUT2D eigenvalue weighted by atomic mass is 79.9. The molecule has 0 aromatic heterocycles. The van der Waals surface area contributed by atoms with Crippen molar-refractivity contribution in [1.82, 2.24) is 5.32 Å². The number of benzene rings is 1. The van der Waals surface area contributed by atoms with Crippen molar-refractivity contribution in [2.24, 2.45) is 5.92 Å². The van der Waals surface area contributed by atoms with E-state index in [1.54, 1.807) is 7.11 Å². The van der Waals surface area contributed by atoms with Crippen LogP contribution in [0.1, 0.15) is 62.3 Å². The average Bonchev–Trinajstić information content (AvgIpc) is 2.45. The Labute approximate surface area is 138 Å². The Hall–Kier alpha value is -0.540. The number of halogens is 1. The zero-order chi connectivity index (χ0) is 16.0. The lowest BCUT2D eigenvalue weighted by Crippen LogP contribution is -2.27. The number of ether oxygens (including phenoxy) is 1. The van der Waals surface area contributed by atoms with Gasteiger partial charge in [-0.05, 0) is 56.8 Å². The van der Waals surface area contributed by atoms with Crippen molar-refractivity contribution in [1.29, 1.82) is 0 Å². The maximum atomic E-state index is 5.74. The summed E-state index contributed by atoms with van der Waals surface area (Å²) in [6.45, 7) is 8.84. The fourth-order valence-electron chi connectivity index (χ4n) is 3.36. The monoisotopic (exact) mass is 355 g/mol. The fraction of sp³-hybridized carbons (Fsp3) is 0.667. The number of nitrogens with one attached hydrogen (secondary N) is 1. The molecule has 0 radical (unpaired) electrons. The minimum absolute atomic E-state index is 0.344. The van der Waals surface area contributed by atoms with E-state index < -0.39 is 0 Å². The molecule has 0 spiro atoms. The van der Waals surface area contributed by atoms with Gasteiger partial charge in [0.15, 0.2) is 0 Å². The zero-order valence-corrected chi connectivity index (χ0v) is 15.9. The summed E-state index contributed by atoms with van der Waals surface area (Å²) in [5.74, 6) is 1.68. The van der Waals surface area contributed by atoms with E-state index in [2.05, 4.69) is 62.1 Å². The number of aryl methyl sites for hydroxylation is 1. The third-order valence-corrected chi connectivity index (χ3v) is 5.15. The van der Waals surface area contributed by atoms with Crippen molar-refractivity contribution in [3.63, 3.8) is 0 Å². The Kier molecular flexibility index (Phi) is 7.75. The average molecular weight is 356 g/mol. The Morgan fingerprint density at radius 3 is 2.19 bits per heavy atom. The van der Waals surface area contributed by atoms with Crippen LogP contribution in [-0.2, 0) is 0 Å². The van der Waals surface area contributed by atoms with Crippen LogP contribution in [0, 0.1) is 19.8 Å². The first-order valence-corrected chi connectivity index (χ1v) is 8.81. The molecular formula is C18H30BrNO. The fourth-order valence-corrected chi connectivity index (χ4v) is 3.91. The van der Waals surface area contributed by atoms with Gasteiger partial charge in [-0.25, -0.2) is 0 Å². The molecular weight excluding hydrogens is 326 g/mol. The number of rotatable bonds is 8. The quantitative estimate of drug-likeness (QED) is 0.659. The molecule has 0 heterocycles. The van der Waals surface area contributed by atoms with Crippen LogP contribution in [0.25, 0.3) is 0 Å². The first-order valence-electron chi connectivity index (χ1n) is 8.02. The minimum Gasteiger partial charge on any atom is -0.496 e. The van der Waals surface area contributed by atoms with Crippen molar-refractivity contribution in [3.05, 3.63) is 27.2 Å². The molecule has 21 heavy (non-hydrogen) atoms. The van der Waals surface area contributed by atoms with Crippen LogP contribution < -0.4 is 10.1 Å². The summed E-state index contributed by atoms with van der Waals surface area (Å²) in [6, 6.07) is 2.50. The topological polar surface area (TPSA) is 21.3 Å². The van der Waals surface area contributed by atoms with Crippen LogP contribution in [0.2, 0.25) is 0 Å². The number of hydrogen-bond donors (Lipinski definition) is 1. The van der Waals surface area contributed by atoms with E-state index in [1.807, 2.05) is 0 Å². The van der Waals surface area contributed by atoms with Crippen molar-refractivity contribution in [2.45, 2.75) is 59.4 Å². The van der Waals surface area contributed by atoms with E-state index in [9.17, 15) is 0 Å². The Morgan fingerprint density at radius 1 is 1.19 bits per heavy atom. The van der Waals surface area contributed by atoms with Gasteiger partial charge in [-0.3, -0.25) is 0 Å². The van der Waals surface area contributed by atoms with Crippen LogP contribution in [0.5, 0.6) is 5.75 Å². The van der Waals surface area contributed by atoms with Crippen molar-refractivity contribution in [2.75, 3.05) is 14.2 Å². The van der Waals surface area contributed by atoms with Crippen molar-refractivity contribution < 1.29 is 4.74 Å². The second kappa shape index (κ2) is 8.79. The summed E-state index contributed by atoms with van der Waals surface area (Å²) in [7, 11) is 3.85. The highest BCUT2D eigenvalue weighted by molar-refractivity contribution is 9.10. The molecule has 120 valence electrons. The largest absolute Gasteiger partial charge is 0.496 e. The Bertz CT molecular complexity index is 453. The van der Waals surface area contributed by atoms with Gasteiger partial charge < -0.3 is 10.1 Å². The van der Waals surface area contributed by atoms with E-state index in [0.29, 0.717) is 12.0 Å². The summed E-state index contributed by atoms with van der Waals surface area (Å²) in [4.78, 5) is 0. The molecule has 1 atom stereocenters. The summed E-state index contributed by atoms with van der Waals surface area (Å²) in [5.41, 5.74) is 3.80. The lowest BCUT2D eigenvalue weighted by molar-refractivity contribution is 0.316. The summed E-state index contributed by atoms with van der Waals surface area (Å²) in [6.07, 6.45) is 4.93. The molecule has 0 saturated heterocycles. The normalized spacial score (nSPS) is 12.8. The van der Waals surface area contributed by atoms with E-state index >= 15 is 0 Å². The van der Waals surface area contributed by atoms with Gasteiger partial charge in [-0.1, -0.05) is 42.6 Å². The molecule has 0 aliphatic rings. The van der Waals surface area contributed by atoms with Crippen LogP contribution in [0.15, 0.2) is 10.5 Å². The second-order valence-electron chi connectivity index (χ2n) is 5.85. The number of hydrogen-bond acceptors (Lipinski definition) is 2. The van der Waals surface area contributed by atoms with E-state index in [0.717, 1.165) is 5.75 Å². The van der Waals surface area contributed by atoms with Gasteiger partial charge >= 0.3 is 0 Å². The molecule has 0 saturated carbocycles. The maximum Gasteiger partial charge on any atom is 0.126 e. The molecule has 0 amide bonds. The molecule has 1 N–H and O–H groups in total. The van der Waals surface area contributed by atoms with E-state index in [1.165, 1.54) is 46.8 Å². The third kappa shape index (κ3) is 4.23. The molecule has 1 aromatic carbocycles. The second-order valence-corrected chi connectivity index (χ2v) is 6.71. The van der Waals surface area contributed by atoms with Gasteiger partial charge in [0.25, 0.3) is 0 Å². The van der Waals surface area contributed by atoms with Crippen LogP contribution in [-0.4, -0.2) is 14.2 Å². The molecule has 0 aliphatic carbocycles. The summed E-state index contributed by atoms with van der Waals surface area (Å²) in [5, 5.41) is 3.56. The lowest BCUT2D eigenvalue weighted by Gasteiger charge is -2.30.